The van der Waals surface area contributed by atoms with Crippen LogP contribution in [0.1, 0.15) is 37.3 Å². The zero-order valence-electron chi connectivity index (χ0n) is 12.2. The van der Waals surface area contributed by atoms with Gasteiger partial charge in [-0.25, -0.2) is 0 Å². The number of nitrogens with zero attached hydrogens (tertiary/aromatic N) is 4. The highest BCUT2D eigenvalue weighted by Crippen LogP contribution is 2.30. The van der Waals surface area contributed by atoms with E-state index >= 15 is 0 Å². The van der Waals surface area contributed by atoms with E-state index < -0.39 is 0 Å². The molecule has 0 bridgehead atoms. The first kappa shape index (κ1) is 14.4. The van der Waals surface area contributed by atoms with E-state index in [1.54, 1.807) is 0 Å². The summed E-state index contributed by atoms with van der Waals surface area (Å²) in [5, 5.41) is 3.59. The molecule has 2 rings (SSSR count). The van der Waals surface area contributed by atoms with Gasteiger partial charge in [-0.3, -0.25) is 4.79 Å². The van der Waals surface area contributed by atoms with Crippen molar-refractivity contribution in [3.8, 4) is 0 Å². The van der Waals surface area contributed by atoms with Crippen molar-refractivity contribution in [1.29, 1.82) is 0 Å². The summed E-state index contributed by atoms with van der Waals surface area (Å²) in [7, 11) is 0. The zero-order valence-corrected chi connectivity index (χ0v) is 12.2. The molecule has 106 valence electrons. The number of anilines is 1. The Bertz CT molecular complexity index is 561. The summed E-state index contributed by atoms with van der Waals surface area (Å²) in [5.74, 6) is 0.679. The lowest BCUT2D eigenvalue weighted by Crippen LogP contribution is -2.25. The molecule has 0 spiro atoms. The average molecular weight is 272 g/mol. The molecule has 1 aliphatic heterocycles. The molecule has 1 aromatic carbocycles. The Balaban J connectivity index is 2.25. The number of carbonyl (C=O) groups is 1. The first-order valence-electron chi connectivity index (χ1n) is 6.94. The van der Waals surface area contributed by atoms with E-state index in [-0.39, 0.29) is 11.8 Å². The molecule has 0 N–H and O–H groups in total. The maximum atomic E-state index is 12.2. The Kier molecular flexibility index (Phi) is 4.30. The number of amides is 1. The number of hydrogen-bond donors (Lipinski definition) is 0. The minimum absolute atomic E-state index is 0.118. The van der Waals surface area contributed by atoms with Crippen LogP contribution in [-0.4, -0.2) is 19.0 Å². The van der Waals surface area contributed by atoms with Gasteiger partial charge >= 0.3 is 0 Å². The number of hydrogen-bond acceptors (Lipinski definition) is 2. The standard InChI is InChI=1S/C15H20N4O/c1-10(2)13-5-4-11(3)14(7-13)19-9-12(6-15(19)20)8-17-18-16/h4-5,7,10,12H,6,8-9H2,1-3H3. The van der Waals surface area contributed by atoms with Crippen molar-refractivity contribution in [2.75, 3.05) is 18.0 Å². The maximum Gasteiger partial charge on any atom is 0.227 e. The van der Waals surface area contributed by atoms with Gasteiger partial charge in [0, 0.05) is 30.1 Å². The van der Waals surface area contributed by atoms with Crippen molar-refractivity contribution >= 4 is 11.6 Å². The molecular formula is C15H20N4O. The molecular weight excluding hydrogens is 252 g/mol. The third kappa shape index (κ3) is 2.94. The summed E-state index contributed by atoms with van der Waals surface area (Å²) in [6, 6.07) is 6.29. The molecule has 1 fully saturated rings. The van der Waals surface area contributed by atoms with Gasteiger partial charge < -0.3 is 4.90 Å². The molecule has 0 saturated carbocycles. The van der Waals surface area contributed by atoms with Gasteiger partial charge in [-0.15, -0.1) is 0 Å². The van der Waals surface area contributed by atoms with Crippen LogP contribution in [0.4, 0.5) is 5.69 Å². The molecule has 5 heteroatoms. The highest BCUT2D eigenvalue weighted by Gasteiger charge is 2.30. The maximum absolute atomic E-state index is 12.2. The molecule has 0 aliphatic carbocycles. The van der Waals surface area contributed by atoms with E-state index in [1.807, 2.05) is 11.8 Å². The van der Waals surface area contributed by atoms with Crippen molar-refractivity contribution in [2.24, 2.45) is 11.0 Å². The smallest absolute Gasteiger partial charge is 0.227 e. The predicted molar refractivity (Wildman–Crippen MR) is 79.7 cm³/mol. The van der Waals surface area contributed by atoms with Crippen LogP contribution in [0.3, 0.4) is 0 Å². The van der Waals surface area contributed by atoms with Crippen molar-refractivity contribution in [3.05, 3.63) is 39.8 Å². The lowest BCUT2D eigenvalue weighted by Gasteiger charge is -2.21. The van der Waals surface area contributed by atoms with Crippen LogP contribution in [0.25, 0.3) is 10.4 Å². The Morgan fingerprint density at radius 3 is 2.90 bits per heavy atom. The fraction of sp³-hybridized carbons (Fsp3) is 0.533. The third-order valence-electron chi connectivity index (χ3n) is 3.80. The Hall–Kier alpha value is -2.00. The number of azide groups is 1. The second-order valence-electron chi connectivity index (χ2n) is 5.69. The number of carbonyl (C=O) groups excluding carboxylic acids is 1. The molecule has 1 aromatic rings. The van der Waals surface area contributed by atoms with E-state index in [9.17, 15) is 4.79 Å². The van der Waals surface area contributed by atoms with Crippen LogP contribution < -0.4 is 4.90 Å². The van der Waals surface area contributed by atoms with E-state index in [1.165, 1.54) is 5.56 Å². The SMILES string of the molecule is Cc1ccc(C(C)C)cc1N1CC(CN=[N+]=[N-])CC1=O. The molecule has 1 saturated heterocycles. The summed E-state index contributed by atoms with van der Waals surface area (Å²) in [6.45, 7) is 7.34. The Morgan fingerprint density at radius 1 is 1.50 bits per heavy atom. The molecule has 0 radical (unpaired) electrons. The molecule has 5 nitrogen and oxygen atoms in total. The largest absolute Gasteiger partial charge is 0.312 e. The second-order valence-corrected chi connectivity index (χ2v) is 5.69. The van der Waals surface area contributed by atoms with Crippen LogP contribution in [0.2, 0.25) is 0 Å². The molecule has 1 unspecified atom stereocenters. The van der Waals surface area contributed by atoms with Gasteiger partial charge in [-0.05, 0) is 41.5 Å². The van der Waals surface area contributed by atoms with Crippen molar-refractivity contribution < 1.29 is 4.79 Å². The van der Waals surface area contributed by atoms with Gasteiger partial charge in [0.1, 0.15) is 0 Å². The van der Waals surface area contributed by atoms with E-state index in [2.05, 4.69) is 42.1 Å². The summed E-state index contributed by atoms with van der Waals surface area (Å²) in [6.07, 6.45) is 0.463. The van der Waals surface area contributed by atoms with Crippen LogP contribution in [0.5, 0.6) is 0 Å². The van der Waals surface area contributed by atoms with Crippen LogP contribution in [0, 0.1) is 12.8 Å². The highest BCUT2D eigenvalue weighted by atomic mass is 16.2. The molecule has 1 heterocycles. The lowest BCUT2D eigenvalue weighted by molar-refractivity contribution is -0.117. The quantitative estimate of drug-likeness (QED) is 0.467. The zero-order chi connectivity index (χ0) is 14.7. The first-order chi connectivity index (χ1) is 9.52. The van der Waals surface area contributed by atoms with E-state index in [4.69, 9.17) is 5.53 Å². The molecule has 0 aromatic heterocycles. The minimum atomic E-state index is 0.118. The van der Waals surface area contributed by atoms with Crippen LogP contribution >= 0.6 is 0 Å². The number of benzene rings is 1. The molecule has 20 heavy (non-hydrogen) atoms. The van der Waals surface area contributed by atoms with Gasteiger partial charge in [0.2, 0.25) is 5.91 Å². The molecule has 1 atom stereocenters. The number of rotatable bonds is 4. The van der Waals surface area contributed by atoms with Gasteiger partial charge in [-0.1, -0.05) is 31.1 Å². The molecule has 1 amide bonds. The predicted octanol–water partition coefficient (Wildman–Crippen LogP) is 3.78. The van der Waals surface area contributed by atoms with Gasteiger partial charge in [-0.2, -0.15) is 0 Å². The first-order valence-corrected chi connectivity index (χ1v) is 6.94. The van der Waals surface area contributed by atoms with E-state index in [0.29, 0.717) is 25.4 Å². The average Bonchev–Trinajstić information content (AvgIpc) is 2.77. The monoisotopic (exact) mass is 272 g/mol. The lowest BCUT2D eigenvalue weighted by atomic mass is 10.00. The van der Waals surface area contributed by atoms with Crippen LogP contribution in [-0.2, 0) is 4.79 Å². The van der Waals surface area contributed by atoms with Gasteiger partial charge in [0.25, 0.3) is 0 Å². The Morgan fingerprint density at radius 2 is 2.25 bits per heavy atom. The normalized spacial score (nSPS) is 18.5. The second kappa shape index (κ2) is 5.97. The summed E-state index contributed by atoms with van der Waals surface area (Å²) >= 11 is 0. The van der Waals surface area contributed by atoms with Crippen molar-refractivity contribution in [3.63, 3.8) is 0 Å². The van der Waals surface area contributed by atoms with Crippen molar-refractivity contribution in [1.82, 2.24) is 0 Å². The third-order valence-corrected chi connectivity index (χ3v) is 3.80. The Labute approximate surface area is 119 Å². The van der Waals surface area contributed by atoms with E-state index in [0.717, 1.165) is 11.3 Å². The van der Waals surface area contributed by atoms with Gasteiger partial charge in [0.05, 0.1) is 0 Å². The highest BCUT2D eigenvalue weighted by molar-refractivity contribution is 5.96. The summed E-state index contributed by atoms with van der Waals surface area (Å²) < 4.78 is 0. The fourth-order valence-electron chi connectivity index (χ4n) is 2.57. The number of aryl methyl sites for hydroxylation is 1. The fourth-order valence-corrected chi connectivity index (χ4v) is 2.57. The van der Waals surface area contributed by atoms with Crippen LogP contribution in [0.15, 0.2) is 23.3 Å². The minimum Gasteiger partial charge on any atom is -0.312 e. The topological polar surface area (TPSA) is 69.1 Å². The van der Waals surface area contributed by atoms with Crippen molar-refractivity contribution in [2.45, 2.75) is 33.1 Å². The summed E-state index contributed by atoms with van der Waals surface area (Å²) in [5.41, 5.74) is 11.7. The summed E-state index contributed by atoms with van der Waals surface area (Å²) in [4.78, 5) is 16.8. The molecule has 1 aliphatic rings. The van der Waals surface area contributed by atoms with Gasteiger partial charge in [0.15, 0.2) is 0 Å².